The molecule has 1 aliphatic heterocycles. The molecule has 29 heavy (non-hydrogen) atoms. The lowest BCUT2D eigenvalue weighted by atomic mass is 10.1. The molecule has 2 N–H and O–H groups in total. The van der Waals surface area contributed by atoms with Crippen molar-refractivity contribution in [2.24, 2.45) is 5.73 Å². The van der Waals surface area contributed by atoms with E-state index in [0.29, 0.717) is 23.7 Å². The van der Waals surface area contributed by atoms with E-state index in [0.717, 1.165) is 25.8 Å². The molecule has 1 fully saturated rings. The van der Waals surface area contributed by atoms with Crippen molar-refractivity contribution < 1.29 is 23.9 Å². The number of nitrogens with zero attached hydrogens (tertiary/aromatic N) is 1. The van der Waals surface area contributed by atoms with Gasteiger partial charge in [0.05, 0.1) is 15.6 Å². The molecular weight excluding hydrogens is 507 g/mol. The zero-order valence-corrected chi connectivity index (χ0v) is 18.4. The van der Waals surface area contributed by atoms with Crippen molar-refractivity contribution in [1.29, 1.82) is 0 Å². The van der Waals surface area contributed by atoms with Gasteiger partial charge in [0.15, 0.2) is 11.5 Å². The second-order valence-electron chi connectivity index (χ2n) is 6.04. The molecule has 2 aromatic carbocycles. The number of hydrogen-bond acceptors (Lipinski definition) is 6. The van der Waals surface area contributed by atoms with Crippen LogP contribution in [-0.2, 0) is 16.2 Å². The summed E-state index contributed by atoms with van der Waals surface area (Å²) in [4.78, 5) is 36.4. The summed E-state index contributed by atoms with van der Waals surface area (Å²) < 4.78 is 12.2. The minimum absolute atomic E-state index is 0.215. The van der Waals surface area contributed by atoms with Crippen molar-refractivity contribution in [3.8, 4) is 11.5 Å². The Morgan fingerprint density at radius 3 is 2.62 bits per heavy atom. The monoisotopic (exact) mass is 524 g/mol. The number of hydrogen-bond donors (Lipinski definition) is 1. The lowest BCUT2D eigenvalue weighted by molar-refractivity contribution is -0.127. The number of nitrogens with two attached hydrogens (primary N) is 1. The molecule has 1 saturated heterocycles. The van der Waals surface area contributed by atoms with Gasteiger partial charge in [0, 0.05) is 0 Å². The van der Waals surface area contributed by atoms with Gasteiger partial charge in [-0.1, -0.05) is 30.3 Å². The molecule has 0 radical (unpaired) electrons. The Hall–Kier alpha value is -2.53. The van der Waals surface area contributed by atoms with Crippen LogP contribution in [0.2, 0.25) is 0 Å². The summed E-state index contributed by atoms with van der Waals surface area (Å²) in [5, 5.41) is -0.524. The van der Waals surface area contributed by atoms with Crippen LogP contribution in [0.25, 0.3) is 6.08 Å². The molecule has 2 aromatic rings. The number of carbonyl (C=O) groups is 3. The molecule has 3 amide bonds. The molecule has 0 unspecified atom stereocenters. The Morgan fingerprint density at radius 1 is 1.24 bits per heavy atom. The van der Waals surface area contributed by atoms with E-state index in [-0.39, 0.29) is 4.91 Å². The lowest BCUT2D eigenvalue weighted by Crippen LogP contribution is -2.36. The molecule has 0 saturated carbocycles. The first-order valence-corrected chi connectivity index (χ1v) is 10.4. The van der Waals surface area contributed by atoms with Gasteiger partial charge in [-0.25, -0.2) is 0 Å². The van der Waals surface area contributed by atoms with Crippen molar-refractivity contribution in [2.75, 3.05) is 13.7 Å². The molecule has 0 atom stereocenters. The van der Waals surface area contributed by atoms with Crippen LogP contribution < -0.4 is 15.2 Å². The highest BCUT2D eigenvalue weighted by Gasteiger charge is 2.35. The topological polar surface area (TPSA) is 98.9 Å². The van der Waals surface area contributed by atoms with Crippen LogP contribution in [0.15, 0.2) is 47.4 Å². The van der Waals surface area contributed by atoms with Gasteiger partial charge in [-0.2, -0.15) is 0 Å². The Bertz CT molecular complexity index is 994. The molecule has 1 aliphatic rings. The summed E-state index contributed by atoms with van der Waals surface area (Å²) in [5.41, 5.74) is 6.79. The van der Waals surface area contributed by atoms with Crippen LogP contribution in [0.1, 0.15) is 11.1 Å². The predicted octanol–water partition coefficient (Wildman–Crippen LogP) is 3.40. The standard InChI is InChI=1S/C20H17IN2O5S/c1-27-15-8-13(9-16-19(25)23(10-17(22)24)20(26)29-16)7-14(21)18(15)28-11-12-5-3-2-4-6-12/h2-9H,10-11H2,1H3,(H2,22,24)/b16-9-. The fourth-order valence-corrected chi connectivity index (χ4v) is 4.26. The predicted molar refractivity (Wildman–Crippen MR) is 118 cm³/mol. The first kappa shape index (κ1) is 21.2. The molecule has 0 spiro atoms. The first-order valence-electron chi connectivity index (χ1n) is 8.47. The van der Waals surface area contributed by atoms with Gasteiger partial charge in [0.25, 0.3) is 11.1 Å². The van der Waals surface area contributed by atoms with Crippen LogP contribution >= 0.6 is 34.4 Å². The number of benzene rings is 2. The van der Waals surface area contributed by atoms with E-state index in [1.165, 1.54) is 7.11 Å². The van der Waals surface area contributed by atoms with Gasteiger partial charge in [0.2, 0.25) is 5.91 Å². The van der Waals surface area contributed by atoms with Crippen molar-refractivity contribution in [1.82, 2.24) is 4.90 Å². The average molecular weight is 524 g/mol. The molecule has 9 heteroatoms. The Kier molecular flexibility index (Phi) is 6.80. The second-order valence-corrected chi connectivity index (χ2v) is 8.20. The van der Waals surface area contributed by atoms with Crippen LogP contribution in [0.5, 0.6) is 11.5 Å². The highest BCUT2D eigenvalue weighted by molar-refractivity contribution is 14.1. The molecule has 1 heterocycles. The lowest BCUT2D eigenvalue weighted by Gasteiger charge is -2.14. The van der Waals surface area contributed by atoms with Crippen molar-refractivity contribution >= 4 is 57.5 Å². The quantitative estimate of drug-likeness (QED) is 0.441. The van der Waals surface area contributed by atoms with E-state index in [2.05, 4.69) is 22.6 Å². The fraction of sp³-hybridized carbons (Fsp3) is 0.150. The minimum Gasteiger partial charge on any atom is -0.493 e. The summed E-state index contributed by atoms with van der Waals surface area (Å²) >= 11 is 2.90. The molecule has 150 valence electrons. The Morgan fingerprint density at radius 2 is 1.97 bits per heavy atom. The molecule has 0 aromatic heterocycles. The molecule has 7 nitrogen and oxygen atoms in total. The summed E-state index contributed by atoms with van der Waals surface area (Å²) in [6, 6.07) is 13.3. The summed E-state index contributed by atoms with van der Waals surface area (Å²) in [5.74, 6) is -0.187. The van der Waals surface area contributed by atoms with Crippen LogP contribution in [0.4, 0.5) is 4.79 Å². The number of ether oxygens (including phenoxy) is 2. The van der Waals surface area contributed by atoms with Gasteiger partial charge in [-0.15, -0.1) is 0 Å². The van der Waals surface area contributed by atoms with Gasteiger partial charge in [-0.05, 0) is 63.7 Å². The van der Waals surface area contributed by atoms with E-state index < -0.39 is 23.6 Å². The van der Waals surface area contributed by atoms with E-state index in [9.17, 15) is 14.4 Å². The van der Waals surface area contributed by atoms with E-state index in [1.54, 1.807) is 12.1 Å². The zero-order valence-electron chi connectivity index (χ0n) is 15.4. The number of carbonyl (C=O) groups excluding carboxylic acids is 3. The van der Waals surface area contributed by atoms with Gasteiger partial charge in [0.1, 0.15) is 13.2 Å². The maximum absolute atomic E-state index is 12.4. The largest absolute Gasteiger partial charge is 0.493 e. The van der Waals surface area contributed by atoms with Gasteiger partial charge in [-0.3, -0.25) is 19.3 Å². The molecule has 0 bridgehead atoms. The third kappa shape index (κ3) is 5.10. The third-order valence-corrected chi connectivity index (χ3v) is 5.67. The van der Waals surface area contributed by atoms with Gasteiger partial charge < -0.3 is 15.2 Å². The number of thioether (sulfide) groups is 1. The number of imide groups is 1. The average Bonchev–Trinajstić information content (AvgIpc) is 2.94. The fourth-order valence-electron chi connectivity index (χ4n) is 2.64. The highest BCUT2D eigenvalue weighted by atomic mass is 127. The number of methoxy groups -OCH3 is 1. The highest BCUT2D eigenvalue weighted by Crippen LogP contribution is 2.37. The summed E-state index contributed by atoms with van der Waals surface area (Å²) in [7, 11) is 1.53. The normalized spacial score (nSPS) is 15.1. The molecule has 0 aliphatic carbocycles. The second kappa shape index (κ2) is 9.31. The van der Waals surface area contributed by atoms with Crippen LogP contribution in [-0.4, -0.2) is 35.6 Å². The van der Waals surface area contributed by atoms with Crippen molar-refractivity contribution in [3.63, 3.8) is 0 Å². The molecular formula is C20H17IN2O5S. The summed E-state index contributed by atoms with van der Waals surface area (Å²) in [6.45, 7) is -0.0479. The number of rotatable bonds is 7. The number of halogens is 1. The zero-order chi connectivity index (χ0) is 21.0. The van der Waals surface area contributed by atoms with Gasteiger partial charge >= 0.3 is 0 Å². The number of amides is 3. The Balaban J connectivity index is 1.83. The van der Waals surface area contributed by atoms with E-state index in [4.69, 9.17) is 15.2 Å². The van der Waals surface area contributed by atoms with Crippen LogP contribution in [0.3, 0.4) is 0 Å². The number of primary amides is 1. The molecule has 3 rings (SSSR count). The Labute approximate surface area is 185 Å². The van der Waals surface area contributed by atoms with E-state index >= 15 is 0 Å². The SMILES string of the molecule is COc1cc(/C=C2\SC(=O)N(CC(N)=O)C2=O)cc(I)c1OCc1ccccc1. The smallest absolute Gasteiger partial charge is 0.294 e. The third-order valence-electron chi connectivity index (χ3n) is 3.96. The van der Waals surface area contributed by atoms with E-state index in [1.807, 2.05) is 36.4 Å². The van der Waals surface area contributed by atoms with Crippen molar-refractivity contribution in [2.45, 2.75) is 6.61 Å². The van der Waals surface area contributed by atoms with Crippen LogP contribution in [0, 0.1) is 3.57 Å². The summed E-state index contributed by atoms with van der Waals surface area (Å²) in [6.07, 6.45) is 1.58. The minimum atomic E-state index is -0.746. The maximum Gasteiger partial charge on any atom is 0.294 e. The van der Waals surface area contributed by atoms with Crippen molar-refractivity contribution in [3.05, 3.63) is 62.1 Å². The maximum atomic E-state index is 12.4. The first-order chi connectivity index (χ1) is 13.9.